The summed E-state index contributed by atoms with van der Waals surface area (Å²) in [7, 11) is 0. The van der Waals surface area contributed by atoms with Crippen molar-refractivity contribution in [3.8, 4) is 0 Å². The summed E-state index contributed by atoms with van der Waals surface area (Å²) in [4.78, 5) is 0. The molecule has 0 bridgehead atoms. The molecule has 0 amide bonds. The summed E-state index contributed by atoms with van der Waals surface area (Å²) in [5, 5.41) is 7.61. The molecular formula is C18H28N2. The zero-order chi connectivity index (χ0) is 13.8. The normalized spacial score (nSPS) is 30.9. The smallest absolute Gasteiger partial charge is 0.0345 e. The average Bonchev–Trinajstić information content (AvgIpc) is 2.49. The summed E-state index contributed by atoms with van der Waals surface area (Å²) in [6.07, 6.45) is 9.65. The Morgan fingerprint density at radius 1 is 1.05 bits per heavy atom. The maximum Gasteiger partial charge on any atom is 0.0345 e. The van der Waals surface area contributed by atoms with Crippen molar-refractivity contribution in [1.82, 2.24) is 5.32 Å². The van der Waals surface area contributed by atoms with Crippen LogP contribution in [0.25, 0.3) is 0 Å². The first-order chi connectivity index (χ1) is 9.83. The van der Waals surface area contributed by atoms with Gasteiger partial charge >= 0.3 is 0 Å². The lowest BCUT2D eigenvalue weighted by molar-refractivity contribution is 0.217. The van der Waals surface area contributed by atoms with Gasteiger partial charge in [0.15, 0.2) is 0 Å². The highest BCUT2D eigenvalue weighted by Crippen LogP contribution is 2.32. The van der Waals surface area contributed by atoms with Crippen LogP contribution in [0, 0.1) is 12.8 Å². The van der Waals surface area contributed by atoms with Gasteiger partial charge in [0.1, 0.15) is 0 Å². The van der Waals surface area contributed by atoms with Crippen LogP contribution in [0.15, 0.2) is 24.3 Å². The Bertz CT molecular complexity index is 423. The van der Waals surface area contributed by atoms with Gasteiger partial charge in [0, 0.05) is 17.8 Å². The molecule has 110 valence electrons. The Labute approximate surface area is 123 Å². The molecule has 2 aliphatic rings. The molecule has 2 nitrogen and oxygen atoms in total. The molecule has 3 unspecified atom stereocenters. The van der Waals surface area contributed by atoms with Crippen LogP contribution in [0.4, 0.5) is 5.69 Å². The first-order valence-corrected chi connectivity index (χ1v) is 8.39. The molecule has 2 fully saturated rings. The third kappa shape index (κ3) is 3.35. The maximum atomic E-state index is 3.83. The zero-order valence-corrected chi connectivity index (χ0v) is 12.7. The monoisotopic (exact) mass is 272 g/mol. The van der Waals surface area contributed by atoms with E-state index in [-0.39, 0.29) is 0 Å². The van der Waals surface area contributed by atoms with Gasteiger partial charge in [-0.25, -0.2) is 0 Å². The van der Waals surface area contributed by atoms with Crippen LogP contribution in [0.5, 0.6) is 0 Å². The molecule has 1 aliphatic heterocycles. The van der Waals surface area contributed by atoms with Gasteiger partial charge < -0.3 is 10.6 Å². The van der Waals surface area contributed by atoms with E-state index in [1.165, 1.54) is 62.7 Å². The van der Waals surface area contributed by atoms with E-state index in [9.17, 15) is 0 Å². The van der Waals surface area contributed by atoms with E-state index in [0.717, 1.165) is 12.0 Å². The van der Waals surface area contributed by atoms with Gasteiger partial charge in [0.2, 0.25) is 0 Å². The summed E-state index contributed by atoms with van der Waals surface area (Å²) >= 11 is 0. The van der Waals surface area contributed by atoms with Crippen molar-refractivity contribution in [3.05, 3.63) is 29.8 Å². The first-order valence-electron chi connectivity index (χ1n) is 8.39. The third-order valence-electron chi connectivity index (χ3n) is 5.05. The molecule has 0 radical (unpaired) electrons. The molecule has 1 aliphatic carbocycles. The van der Waals surface area contributed by atoms with Gasteiger partial charge in [-0.15, -0.1) is 0 Å². The summed E-state index contributed by atoms with van der Waals surface area (Å²) in [5.74, 6) is 0.810. The molecule has 0 aromatic heterocycles. The predicted molar refractivity (Wildman–Crippen MR) is 86.2 cm³/mol. The van der Waals surface area contributed by atoms with Crippen LogP contribution in [0.2, 0.25) is 0 Å². The number of nitrogens with one attached hydrogen (secondary N) is 2. The van der Waals surface area contributed by atoms with E-state index in [1.807, 2.05) is 0 Å². The highest BCUT2D eigenvalue weighted by molar-refractivity contribution is 5.46. The van der Waals surface area contributed by atoms with Crippen LogP contribution >= 0.6 is 0 Å². The minimum atomic E-state index is 0.654. The number of hydrogen-bond donors (Lipinski definition) is 2. The van der Waals surface area contributed by atoms with Crippen molar-refractivity contribution in [2.45, 2.75) is 64.0 Å². The topological polar surface area (TPSA) is 24.1 Å². The lowest BCUT2D eigenvalue weighted by Gasteiger charge is -2.40. The molecular weight excluding hydrogens is 244 g/mol. The van der Waals surface area contributed by atoms with E-state index in [0.29, 0.717) is 6.04 Å². The summed E-state index contributed by atoms with van der Waals surface area (Å²) in [6, 6.07) is 10.2. The molecule has 3 rings (SSSR count). The van der Waals surface area contributed by atoms with E-state index < -0.39 is 0 Å². The van der Waals surface area contributed by atoms with Crippen molar-refractivity contribution < 1.29 is 0 Å². The predicted octanol–water partition coefficient (Wildman–Crippen LogP) is 4.11. The first kappa shape index (κ1) is 13.9. The van der Waals surface area contributed by atoms with Crippen LogP contribution in [0.3, 0.4) is 0 Å². The SMILES string of the molecule is Cc1cccc(NC2CCCCC2C2CCCCN2)c1. The molecule has 2 heteroatoms. The Kier molecular flexibility index (Phi) is 4.62. The fourth-order valence-corrected chi connectivity index (χ4v) is 4.01. The second-order valence-electron chi connectivity index (χ2n) is 6.63. The van der Waals surface area contributed by atoms with Crippen LogP contribution < -0.4 is 10.6 Å². The zero-order valence-electron chi connectivity index (χ0n) is 12.7. The summed E-state index contributed by atoms with van der Waals surface area (Å²) < 4.78 is 0. The minimum absolute atomic E-state index is 0.654. The quantitative estimate of drug-likeness (QED) is 0.865. The lowest BCUT2D eigenvalue weighted by atomic mass is 9.77. The van der Waals surface area contributed by atoms with Gasteiger partial charge in [-0.3, -0.25) is 0 Å². The molecule has 1 aromatic rings. The Balaban J connectivity index is 1.68. The number of benzene rings is 1. The minimum Gasteiger partial charge on any atom is -0.382 e. The highest BCUT2D eigenvalue weighted by atomic mass is 15.0. The lowest BCUT2D eigenvalue weighted by Crippen LogP contribution is -2.48. The van der Waals surface area contributed by atoms with E-state index in [4.69, 9.17) is 0 Å². The van der Waals surface area contributed by atoms with E-state index >= 15 is 0 Å². The summed E-state index contributed by atoms with van der Waals surface area (Å²) in [5.41, 5.74) is 2.65. The number of anilines is 1. The molecule has 3 atom stereocenters. The van der Waals surface area contributed by atoms with Gasteiger partial charge in [-0.05, 0) is 62.8 Å². The molecule has 1 saturated carbocycles. The van der Waals surface area contributed by atoms with Crippen LogP contribution in [-0.2, 0) is 0 Å². The van der Waals surface area contributed by atoms with Crippen molar-refractivity contribution in [2.24, 2.45) is 5.92 Å². The molecule has 1 aromatic carbocycles. The standard InChI is InChI=1S/C18H28N2/c1-14-7-6-8-15(13-14)20-18-11-3-2-9-16(18)17-10-4-5-12-19-17/h6-8,13,16-20H,2-5,9-12H2,1H3. The van der Waals surface area contributed by atoms with Crippen LogP contribution in [-0.4, -0.2) is 18.6 Å². The Hall–Kier alpha value is -1.02. The van der Waals surface area contributed by atoms with E-state index in [1.54, 1.807) is 0 Å². The number of piperidine rings is 1. The van der Waals surface area contributed by atoms with Crippen LogP contribution in [0.1, 0.15) is 50.5 Å². The Morgan fingerprint density at radius 3 is 2.70 bits per heavy atom. The average molecular weight is 272 g/mol. The number of hydrogen-bond acceptors (Lipinski definition) is 2. The Morgan fingerprint density at radius 2 is 1.90 bits per heavy atom. The molecule has 20 heavy (non-hydrogen) atoms. The van der Waals surface area contributed by atoms with Gasteiger partial charge in [0.25, 0.3) is 0 Å². The third-order valence-corrected chi connectivity index (χ3v) is 5.05. The molecule has 1 saturated heterocycles. The molecule has 2 N–H and O–H groups in total. The number of rotatable bonds is 3. The van der Waals surface area contributed by atoms with Crippen molar-refractivity contribution in [3.63, 3.8) is 0 Å². The van der Waals surface area contributed by atoms with Crippen molar-refractivity contribution in [1.29, 1.82) is 0 Å². The molecule has 0 spiro atoms. The van der Waals surface area contributed by atoms with Gasteiger partial charge in [-0.1, -0.05) is 31.4 Å². The number of aryl methyl sites for hydroxylation is 1. The van der Waals surface area contributed by atoms with Gasteiger partial charge in [-0.2, -0.15) is 0 Å². The molecule has 1 heterocycles. The van der Waals surface area contributed by atoms with Gasteiger partial charge in [0.05, 0.1) is 0 Å². The maximum absolute atomic E-state index is 3.83. The van der Waals surface area contributed by atoms with Crippen molar-refractivity contribution >= 4 is 5.69 Å². The second kappa shape index (κ2) is 6.62. The van der Waals surface area contributed by atoms with E-state index in [2.05, 4.69) is 41.8 Å². The largest absolute Gasteiger partial charge is 0.382 e. The fourth-order valence-electron chi connectivity index (χ4n) is 4.01. The summed E-state index contributed by atoms with van der Waals surface area (Å²) in [6.45, 7) is 3.39. The fraction of sp³-hybridized carbons (Fsp3) is 0.667. The highest BCUT2D eigenvalue weighted by Gasteiger charge is 2.32. The van der Waals surface area contributed by atoms with Crippen molar-refractivity contribution in [2.75, 3.05) is 11.9 Å². The second-order valence-corrected chi connectivity index (χ2v) is 6.63.